The first-order chi connectivity index (χ1) is 8.83. The summed E-state index contributed by atoms with van der Waals surface area (Å²) in [5, 5.41) is 0. The number of nitrogens with zero attached hydrogens (tertiary/aromatic N) is 2. The van der Waals surface area contributed by atoms with Gasteiger partial charge in [-0.2, -0.15) is 0 Å². The molecule has 0 aromatic carbocycles. The molecule has 3 aliphatic rings. The van der Waals surface area contributed by atoms with Gasteiger partial charge in [0.25, 0.3) is 11.8 Å². The van der Waals surface area contributed by atoms with E-state index in [1.807, 2.05) is 0 Å². The van der Waals surface area contributed by atoms with Gasteiger partial charge < -0.3 is 9.47 Å². The molecule has 1 aromatic heterocycles. The fourth-order valence-electron chi connectivity index (χ4n) is 3.29. The summed E-state index contributed by atoms with van der Waals surface area (Å²) in [6, 6.07) is 0. The number of hydrogen-bond acceptors (Lipinski definition) is 5. The maximum absolute atomic E-state index is 6.19. The van der Waals surface area contributed by atoms with Crippen molar-refractivity contribution in [1.29, 1.82) is 0 Å². The van der Waals surface area contributed by atoms with Gasteiger partial charge in [-0.3, -0.25) is 0 Å². The minimum atomic E-state index is 0.0537. The summed E-state index contributed by atoms with van der Waals surface area (Å²) in [4.78, 5) is 0. The molecule has 0 radical (unpaired) electrons. The van der Waals surface area contributed by atoms with Crippen molar-refractivity contribution < 1.29 is 9.47 Å². The van der Waals surface area contributed by atoms with Crippen LogP contribution in [0.4, 0.5) is 0 Å². The molecule has 5 heteroatoms. The minimum absolute atomic E-state index is 0.0537. The summed E-state index contributed by atoms with van der Waals surface area (Å²) >= 11 is 1.19. The van der Waals surface area contributed by atoms with Crippen LogP contribution in [0.5, 0.6) is 11.8 Å². The van der Waals surface area contributed by atoms with E-state index in [2.05, 4.69) is 8.75 Å². The molecule has 1 aromatic rings. The lowest BCUT2D eigenvalue weighted by Crippen LogP contribution is -2.30. The van der Waals surface area contributed by atoms with Crippen LogP contribution in [-0.4, -0.2) is 21.0 Å². The fourth-order valence-corrected chi connectivity index (χ4v) is 3.73. The molecule has 4 nitrogen and oxygen atoms in total. The lowest BCUT2D eigenvalue weighted by molar-refractivity contribution is 0.0703. The first-order valence-electron chi connectivity index (χ1n) is 6.97. The third-order valence-corrected chi connectivity index (χ3v) is 5.07. The van der Waals surface area contributed by atoms with Crippen molar-refractivity contribution in [2.75, 3.05) is 6.61 Å². The zero-order valence-electron chi connectivity index (χ0n) is 10.4. The molecule has 4 rings (SSSR count). The number of hydrogen-bond donors (Lipinski definition) is 0. The highest BCUT2D eigenvalue weighted by atomic mass is 32.1. The molecule has 2 bridgehead atoms. The van der Waals surface area contributed by atoms with Gasteiger partial charge in [0.15, 0.2) is 0 Å². The summed E-state index contributed by atoms with van der Waals surface area (Å²) in [5.74, 6) is 2.88. The number of fused-ring (bicyclic) bond motifs is 2. The molecule has 0 aliphatic heterocycles. The first kappa shape index (κ1) is 11.0. The smallest absolute Gasteiger partial charge is 0.291 e. The maximum Gasteiger partial charge on any atom is 0.291 e. The molecule has 0 unspecified atom stereocenters. The van der Waals surface area contributed by atoms with Gasteiger partial charge in [-0.25, -0.2) is 0 Å². The minimum Gasteiger partial charge on any atom is -0.473 e. The third-order valence-electron chi connectivity index (χ3n) is 4.57. The van der Waals surface area contributed by atoms with Crippen LogP contribution in [0.15, 0.2) is 0 Å². The van der Waals surface area contributed by atoms with E-state index in [1.165, 1.54) is 56.7 Å². The topological polar surface area (TPSA) is 44.2 Å². The molecule has 0 N–H and O–H groups in total. The van der Waals surface area contributed by atoms with Crippen molar-refractivity contribution in [2.45, 2.75) is 50.5 Å². The Morgan fingerprint density at radius 3 is 2.56 bits per heavy atom. The average Bonchev–Trinajstić information content (AvgIpc) is 2.82. The van der Waals surface area contributed by atoms with Crippen LogP contribution < -0.4 is 9.47 Å². The summed E-state index contributed by atoms with van der Waals surface area (Å²) in [7, 11) is 0. The first-order valence-corrected chi connectivity index (χ1v) is 7.70. The SMILES string of the molecule is C1CC1COc1nsnc1OC12CCC(CC1)C2. The van der Waals surface area contributed by atoms with Crippen LogP contribution in [0.3, 0.4) is 0 Å². The third kappa shape index (κ3) is 1.98. The van der Waals surface area contributed by atoms with Crippen molar-refractivity contribution in [3.63, 3.8) is 0 Å². The van der Waals surface area contributed by atoms with E-state index in [0.29, 0.717) is 11.8 Å². The molecule has 3 fully saturated rings. The number of ether oxygens (including phenoxy) is 2. The molecule has 1 heterocycles. The van der Waals surface area contributed by atoms with Gasteiger partial charge in [-0.1, -0.05) is 0 Å². The van der Waals surface area contributed by atoms with E-state index < -0.39 is 0 Å². The van der Waals surface area contributed by atoms with E-state index in [1.54, 1.807) is 0 Å². The highest BCUT2D eigenvalue weighted by Crippen LogP contribution is 2.50. The van der Waals surface area contributed by atoms with E-state index in [-0.39, 0.29) is 5.60 Å². The van der Waals surface area contributed by atoms with E-state index in [9.17, 15) is 0 Å². The predicted octanol–water partition coefficient (Wildman–Crippen LogP) is 3.04. The quantitative estimate of drug-likeness (QED) is 0.821. The highest BCUT2D eigenvalue weighted by Gasteiger charge is 2.47. The van der Waals surface area contributed by atoms with Crippen LogP contribution >= 0.6 is 11.7 Å². The number of rotatable bonds is 5. The Hall–Kier alpha value is -0.840. The van der Waals surface area contributed by atoms with Gasteiger partial charge in [0.1, 0.15) is 5.60 Å². The van der Waals surface area contributed by atoms with Crippen molar-refractivity contribution in [1.82, 2.24) is 8.75 Å². The van der Waals surface area contributed by atoms with Gasteiger partial charge in [-0.05, 0) is 56.8 Å². The summed E-state index contributed by atoms with van der Waals surface area (Å²) < 4.78 is 20.4. The maximum atomic E-state index is 6.19. The molecule has 3 aliphatic carbocycles. The molecular formula is C13H18N2O2S. The Morgan fingerprint density at radius 1 is 1.11 bits per heavy atom. The monoisotopic (exact) mass is 266 g/mol. The Balaban J connectivity index is 1.45. The van der Waals surface area contributed by atoms with E-state index in [0.717, 1.165) is 18.4 Å². The van der Waals surface area contributed by atoms with Gasteiger partial charge in [-0.15, -0.1) is 8.75 Å². The van der Waals surface area contributed by atoms with Crippen LogP contribution in [0, 0.1) is 11.8 Å². The molecule has 3 saturated carbocycles. The second-order valence-electron chi connectivity index (χ2n) is 6.06. The van der Waals surface area contributed by atoms with Gasteiger partial charge in [0.05, 0.1) is 18.3 Å². The van der Waals surface area contributed by atoms with Crippen LogP contribution in [0.25, 0.3) is 0 Å². The van der Waals surface area contributed by atoms with E-state index in [4.69, 9.17) is 9.47 Å². The molecular weight excluding hydrogens is 248 g/mol. The molecule has 0 atom stereocenters. The lowest BCUT2D eigenvalue weighted by atomic mass is 9.97. The Kier molecular flexibility index (Phi) is 2.50. The van der Waals surface area contributed by atoms with Gasteiger partial charge in [0, 0.05) is 0 Å². The van der Waals surface area contributed by atoms with Crippen LogP contribution in [0.2, 0.25) is 0 Å². The second kappa shape index (κ2) is 4.08. The van der Waals surface area contributed by atoms with E-state index >= 15 is 0 Å². The average molecular weight is 266 g/mol. The second-order valence-corrected chi connectivity index (χ2v) is 6.59. The zero-order chi connectivity index (χ0) is 12.0. The summed E-state index contributed by atoms with van der Waals surface area (Å²) in [6.07, 6.45) is 8.77. The van der Waals surface area contributed by atoms with Crippen molar-refractivity contribution in [3.8, 4) is 11.8 Å². The largest absolute Gasteiger partial charge is 0.473 e. The molecule has 98 valence electrons. The van der Waals surface area contributed by atoms with Crippen molar-refractivity contribution in [3.05, 3.63) is 0 Å². The molecule has 0 saturated heterocycles. The number of aromatic nitrogens is 2. The standard InChI is InChI=1S/C13H18N2O2S/c1-2-10(1)8-16-11-12(15-18-14-11)17-13-5-3-9(7-13)4-6-13/h9-10H,1-8H2. The van der Waals surface area contributed by atoms with Gasteiger partial charge >= 0.3 is 0 Å². The Bertz CT molecular complexity index is 436. The van der Waals surface area contributed by atoms with Crippen molar-refractivity contribution in [2.24, 2.45) is 11.8 Å². The molecule has 0 spiro atoms. The van der Waals surface area contributed by atoms with Gasteiger partial charge in [0.2, 0.25) is 0 Å². The highest BCUT2D eigenvalue weighted by molar-refractivity contribution is 6.99. The predicted molar refractivity (Wildman–Crippen MR) is 68.1 cm³/mol. The zero-order valence-corrected chi connectivity index (χ0v) is 11.2. The Labute approximate surface area is 111 Å². The normalized spacial score (nSPS) is 33.9. The van der Waals surface area contributed by atoms with Crippen molar-refractivity contribution >= 4 is 11.7 Å². The Morgan fingerprint density at radius 2 is 1.89 bits per heavy atom. The molecule has 0 amide bonds. The molecule has 18 heavy (non-hydrogen) atoms. The van der Waals surface area contributed by atoms with Crippen LogP contribution in [-0.2, 0) is 0 Å². The summed E-state index contributed by atoms with van der Waals surface area (Å²) in [5.41, 5.74) is 0.0537. The fraction of sp³-hybridized carbons (Fsp3) is 0.846. The lowest BCUT2D eigenvalue weighted by Gasteiger charge is -2.26. The summed E-state index contributed by atoms with van der Waals surface area (Å²) in [6.45, 7) is 0.775. The van der Waals surface area contributed by atoms with Crippen LogP contribution in [0.1, 0.15) is 44.9 Å².